The zero-order valence-corrected chi connectivity index (χ0v) is 10.0. The highest BCUT2D eigenvalue weighted by molar-refractivity contribution is 5.92. The highest BCUT2D eigenvalue weighted by Gasteiger charge is 2.28. The molecule has 4 nitrogen and oxygen atoms in total. The molecule has 1 aromatic rings. The molecule has 0 heterocycles. The molecule has 0 saturated heterocycles. The predicted molar refractivity (Wildman–Crippen MR) is 61.6 cm³/mol. The van der Waals surface area contributed by atoms with Crippen molar-refractivity contribution in [2.45, 2.75) is 19.0 Å². The Kier molecular flexibility index (Phi) is 4.75. The van der Waals surface area contributed by atoms with Crippen LogP contribution in [0, 0.1) is 11.3 Å². The van der Waals surface area contributed by atoms with Gasteiger partial charge < -0.3 is 10.1 Å². The van der Waals surface area contributed by atoms with E-state index >= 15 is 0 Å². The Morgan fingerprint density at radius 2 is 2.16 bits per heavy atom. The fourth-order valence-corrected chi connectivity index (χ4v) is 1.33. The lowest BCUT2D eigenvalue weighted by Gasteiger charge is -2.11. The Balaban J connectivity index is 2.72. The SMILES string of the molecule is COc1cc(C#N)ccc1NC(=O)CCC(F)(F)F. The second-order valence-corrected chi connectivity index (χ2v) is 3.69. The minimum absolute atomic E-state index is 0.222. The van der Waals surface area contributed by atoms with Gasteiger partial charge in [0.05, 0.1) is 30.9 Å². The van der Waals surface area contributed by atoms with E-state index < -0.39 is 24.9 Å². The first-order valence-electron chi connectivity index (χ1n) is 5.30. The van der Waals surface area contributed by atoms with Crippen LogP contribution in [0.4, 0.5) is 18.9 Å². The van der Waals surface area contributed by atoms with Crippen LogP contribution < -0.4 is 10.1 Å². The molecular formula is C12H11F3N2O2. The molecule has 102 valence electrons. The average molecular weight is 272 g/mol. The Hall–Kier alpha value is -2.23. The summed E-state index contributed by atoms with van der Waals surface area (Å²) in [5.74, 6) is -0.542. The van der Waals surface area contributed by atoms with Gasteiger partial charge in [0.25, 0.3) is 0 Å². The smallest absolute Gasteiger partial charge is 0.389 e. The van der Waals surface area contributed by atoms with Crippen molar-refractivity contribution in [2.75, 3.05) is 12.4 Å². The number of hydrogen-bond donors (Lipinski definition) is 1. The minimum atomic E-state index is -4.37. The number of anilines is 1. The van der Waals surface area contributed by atoms with Crippen LogP contribution in [0.25, 0.3) is 0 Å². The molecule has 0 radical (unpaired) electrons. The lowest BCUT2D eigenvalue weighted by Crippen LogP contribution is -2.16. The zero-order valence-electron chi connectivity index (χ0n) is 10.0. The van der Waals surface area contributed by atoms with E-state index in [0.29, 0.717) is 5.56 Å². The molecule has 7 heteroatoms. The Labute approximate surface area is 107 Å². The topological polar surface area (TPSA) is 62.1 Å². The molecule has 0 saturated carbocycles. The maximum Gasteiger partial charge on any atom is 0.389 e. The van der Waals surface area contributed by atoms with Crippen molar-refractivity contribution < 1.29 is 22.7 Å². The van der Waals surface area contributed by atoms with Crippen molar-refractivity contribution in [1.82, 2.24) is 0 Å². The van der Waals surface area contributed by atoms with E-state index in [0.717, 1.165) is 0 Å². The van der Waals surface area contributed by atoms with Gasteiger partial charge in [0.15, 0.2) is 0 Å². The molecule has 1 N–H and O–H groups in total. The molecule has 0 atom stereocenters. The molecule has 0 aliphatic heterocycles. The molecule has 19 heavy (non-hydrogen) atoms. The Morgan fingerprint density at radius 1 is 1.47 bits per heavy atom. The summed E-state index contributed by atoms with van der Waals surface area (Å²) < 4.78 is 40.8. The first-order chi connectivity index (χ1) is 8.85. The van der Waals surface area contributed by atoms with Crippen molar-refractivity contribution in [2.24, 2.45) is 0 Å². The number of benzene rings is 1. The quantitative estimate of drug-likeness (QED) is 0.916. The number of halogens is 3. The number of amides is 1. The summed E-state index contributed by atoms with van der Waals surface area (Å²) in [6, 6.07) is 6.11. The largest absolute Gasteiger partial charge is 0.495 e. The number of methoxy groups -OCH3 is 1. The maximum absolute atomic E-state index is 12.0. The lowest BCUT2D eigenvalue weighted by molar-refractivity contribution is -0.142. The van der Waals surface area contributed by atoms with Crippen molar-refractivity contribution in [1.29, 1.82) is 5.26 Å². The molecule has 1 aromatic carbocycles. The maximum atomic E-state index is 12.0. The number of nitrogens with zero attached hydrogens (tertiary/aromatic N) is 1. The van der Waals surface area contributed by atoms with Crippen molar-refractivity contribution in [3.05, 3.63) is 23.8 Å². The van der Waals surface area contributed by atoms with Crippen LogP contribution in [0.5, 0.6) is 5.75 Å². The van der Waals surface area contributed by atoms with Gasteiger partial charge in [0.1, 0.15) is 5.75 Å². The van der Waals surface area contributed by atoms with E-state index in [1.165, 1.54) is 25.3 Å². The second-order valence-electron chi connectivity index (χ2n) is 3.69. The number of carbonyl (C=O) groups is 1. The van der Waals surface area contributed by atoms with E-state index in [1.807, 2.05) is 6.07 Å². The van der Waals surface area contributed by atoms with Crippen molar-refractivity contribution >= 4 is 11.6 Å². The molecule has 0 fully saturated rings. The number of carbonyl (C=O) groups excluding carboxylic acids is 1. The molecular weight excluding hydrogens is 261 g/mol. The summed E-state index contributed by atoms with van der Waals surface area (Å²) in [4.78, 5) is 11.4. The van der Waals surface area contributed by atoms with Crippen LogP contribution in [0.2, 0.25) is 0 Å². The third-order valence-corrected chi connectivity index (χ3v) is 2.24. The molecule has 0 aliphatic rings. The number of alkyl halides is 3. The highest BCUT2D eigenvalue weighted by Crippen LogP contribution is 2.26. The van der Waals surface area contributed by atoms with Gasteiger partial charge in [-0.3, -0.25) is 4.79 Å². The monoisotopic (exact) mass is 272 g/mol. The molecule has 0 unspecified atom stereocenters. The van der Waals surface area contributed by atoms with Gasteiger partial charge in [0.2, 0.25) is 5.91 Å². The van der Waals surface area contributed by atoms with E-state index in [1.54, 1.807) is 0 Å². The van der Waals surface area contributed by atoms with Crippen LogP contribution in [0.1, 0.15) is 18.4 Å². The Morgan fingerprint density at radius 3 is 2.68 bits per heavy atom. The number of rotatable bonds is 4. The van der Waals surface area contributed by atoms with E-state index in [2.05, 4.69) is 5.32 Å². The molecule has 1 rings (SSSR count). The first-order valence-corrected chi connectivity index (χ1v) is 5.30. The van der Waals surface area contributed by atoms with Gasteiger partial charge in [-0.1, -0.05) is 0 Å². The standard InChI is InChI=1S/C12H11F3N2O2/c1-19-10-6-8(7-16)2-3-9(10)17-11(18)4-5-12(13,14)15/h2-3,6H,4-5H2,1H3,(H,17,18). The Bertz CT molecular complexity index is 507. The average Bonchev–Trinajstić information content (AvgIpc) is 2.36. The number of nitrogens with one attached hydrogen (secondary N) is 1. The lowest BCUT2D eigenvalue weighted by atomic mass is 10.2. The number of nitriles is 1. The van der Waals surface area contributed by atoms with Crippen LogP contribution in [-0.4, -0.2) is 19.2 Å². The molecule has 0 bridgehead atoms. The molecule has 0 aromatic heterocycles. The molecule has 0 aliphatic carbocycles. The summed E-state index contributed by atoms with van der Waals surface area (Å²) in [6.45, 7) is 0. The predicted octanol–water partition coefficient (Wildman–Crippen LogP) is 2.85. The van der Waals surface area contributed by atoms with Gasteiger partial charge in [-0.15, -0.1) is 0 Å². The van der Waals surface area contributed by atoms with Crippen LogP contribution in [0.3, 0.4) is 0 Å². The van der Waals surface area contributed by atoms with Crippen LogP contribution >= 0.6 is 0 Å². The fourth-order valence-electron chi connectivity index (χ4n) is 1.33. The van der Waals surface area contributed by atoms with Gasteiger partial charge in [-0.2, -0.15) is 18.4 Å². The fraction of sp³-hybridized carbons (Fsp3) is 0.333. The second kappa shape index (κ2) is 6.09. The van der Waals surface area contributed by atoms with Gasteiger partial charge in [-0.05, 0) is 12.1 Å². The van der Waals surface area contributed by atoms with E-state index in [-0.39, 0.29) is 11.4 Å². The van der Waals surface area contributed by atoms with Crippen LogP contribution in [-0.2, 0) is 4.79 Å². The summed E-state index contributed by atoms with van der Waals surface area (Å²) in [5, 5.41) is 11.0. The zero-order chi connectivity index (χ0) is 14.5. The third kappa shape index (κ3) is 4.87. The summed E-state index contributed by atoms with van der Waals surface area (Å²) in [7, 11) is 1.34. The minimum Gasteiger partial charge on any atom is -0.495 e. The summed E-state index contributed by atoms with van der Waals surface area (Å²) >= 11 is 0. The van der Waals surface area contributed by atoms with Crippen LogP contribution in [0.15, 0.2) is 18.2 Å². The molecule has 1 amide bonds. The van der Waals surface area contributed by atoms with Gasteiger partial charge in [0, 0.05) is 12.5 Å². The van der Waals surface area contributed by atoms with Crippen molar-refractivity contribution in [3.8, 4) is 11.8 Å². The highest BCUT2D eigenvalue weighted by atomic mass is 19.4. The number of hydrogen-bond acceptors (Lipinski definition) is 3. The normalized spacial score (nSPS) is 10.7. The van der Waals surface area contributed by atoms with E-state index in [9.17, 15) is 18.0 Å². The van der Waals surface area contributed by atoms with Gasteiger partial charge in [-0.25, -0.2) is 0 Å². The first kappa shape index (κ1) is 14.8. The number of ether oxygens (including phenoxy) is 1. The summed E-state index contributed by atoms with van der Waals surface area (Å²) in [6.07, 6.45) is -6.21. The van der Waals surface area contributed by atoms with Crippen molar-refractivity contribution in [3.63, 3.8) is 0 Å². The summed E-state index contributed by atoms with van der Waals surface area (Å²) in [5.41, 5.74) is 0.554. The van der Waals surface area contributed by atoms with Gasteiger partial charge >= 0.3 is 6.18 Å². The molecule has 0 spiro atoms. The third-order valence-electron chi connectivity index (χ3n) is 2.24. The van der Waals surface area contributed by atoms with E-state index in [4.69, 9.17) is 10.00 Å².